The van der Waals surface area contributed by atoms with Gasteiger partial charge in [-0.15, -0.1) is 0 Å². The molecule has 0 bridgehead atoms. The lowest BCUT2D eigenvalue weighted by atomic mass is 10.1. The number of nitro benzene ring substituents is 1. The fourth-order valence-corrected chi connectivity index (χ4v) is 2.52. The first-order valence-corrected chi connectivity index (χ1v) is 8.23. The monoisotopic (exact) mass is 383 g/mol. The van der Waals surface area contributed by atoms with Gasteiger partial charge in [0.2, 0.25) is 11.9 Å². The molecular formula is C16H17N9O3. The summed E-state index contributed by atoms with van der Waals surface area (Å²) in [6.07, 6.45) is 1.76. The molecule has 0 radical (unpaired) electrons. The van der Waals surface area contributed by atoms with Gasteiger partial charge in [-0.05, 0) is 18.6 Å². The Labute approximate surface area is 158 Å². The number of amides is 1. The number of nitrogens with two attached hydrogens (primary N) is 3. The molecule has 0 unspecified atom stereocenters. The number of nitrogens with zero attached hydrogens (tertiary/aromatic N) is 5. The number of carbonyl (C=O) groups excluding carboxylic acids is 1. The summed E-state index contributed by atoms with van der Waals surface area (Å²) >= 11 is 0. The molecule has 3 aromatic rings. The van der Waals surface area contributed by atoms with Crippen molar-refractivity contribution < 1.29 is 9.72 Å². The third kappa shape index (κ3) is 4.00. The Morgan fingerprint density at radius 1 is 1.00 bits per heavy atom. The highest BCUT2D eigenvalue weighted by Crippen LogP contribution is 2.27. The summed E-state index contributed by atoms with van der Waals surface area (Å²) in [6, 6.07) is 5.75. The molecule has 0 aliphatic carbocycles. The fourth-order valence-electron chi connectivity index (χ4n) is 2.52. The van der Waals surface area contributed by atoms with E-state index in [4.69, 9.17) is 17.2 Å². The molecule has 1 aliphatic heterocycles. The summed E-state index contributed by atoms with van der Waals surface area (Å²) in [4.78, 5) is 36.4. The molecule has 1 aliphatic rings. The van der Waals surface area contributed by atoms with Crippen LogP contribution in [0.5, 0.6) is 0 Å². The van der Waals surface area contributed by atoms with E-state index in [0.717, 1.165) is 19.4 Å². The molecule has 7 N–H and O–H groups in total. The van der Waals surface area contributed by atoms with Crippen molar-refractivity contribution in [2.24, 2.45) is 0 Å². The molecule has 4 rings (SSSR count). The second kappa shape index (κ2) is 7.65. The first kappa shape index (κ1) is 18.7. The summed E-state index contributed by atoms with van der Waals surface area (Å²) in [5.74, 6) is 0.369. The number of carbonyl (C=O) groups is 1. The van der Waals surface area contributed by atoms with Gasteiger partial charge in [0.1, 0.15) is 5.69 Å². The Morgan fingerprint density at radius 3 is 2.25 bits per heavy atom. The highest BCUT2D eigenvalue weighted by atomic mass is 16.6. The van der Waals surface area contributed by atoms with Crippen LogP contribution in [0.15, 0.2) is 24.3 Å². The van der Waals surface area contributed by atoms with E-state index in [0.29, 0.717) is 11.3 Å². The third-order valence-corrected chi connectivity index (χ3v) is 3.86. The van der Waals surface area contributed by atoms with E-state index in [1.165, 1.54) is 24.3 Å². The van der Waals surface area contributed by atoms with E-state index in [2.05, 4.69) is 25.3 Å². The number of fused-ring (bicyclic) bond motifs is 1. The van der Waals surface area contributed by atoms with Gasteiger partial charge < -0.3 is 22.5 Å². The SMILES string of the molecule is Nc1nc(N)c2nc(-c3ccc([N+](=O)[O-])cc3)c(N)nc2n1.O=C1CCCN1. The molecule has 28 heavy (non-hydrogen) atoms. The van der Waals surface area contributed by atoms with Gasteiger partial charge in [-0.1, -0.05) is 0 Å². The van der Waals surface area contributed by atoms with Gasteiger partial charge in [0.25, 0.3) is 5.69 Å². The second-order valence-corrected chi connectivity index (χ2v) is 5.85. The van der Waals surface area contributed by atoms with Gasteiger partial charge in [-0.2, -0.15) is 9.97 Å². The molecule has 144 valence electrons. The van der Waals surface area contributed by atoms with Crippen LogP contribution in [0.1, 0.15) is 12.8 Å². The molecule has 1 saturated heterocycles. The van der Waals surface area contributed by atoms with Crippen molar-refractivity contribution in [3.63, 3.8) is 0 Å². The van der Waals surface area contributed by atoms with E-state index in [1.54, 1.807) is 0 Å². The van der Waals surface area contributed by atoms with Crippen LogP contribution in [0.4, 0.5) is 23.3 Å². The Hall–Kier alpha value is -4.09. The van der Waals surface area contributed by atoms with Gasteiger partial charge >= 0.3 is 0 Å². The number of hydrogen-bond donors (Lipinski definition) is 4. The quantitative estimate of drug-likeness (QED) is 0.359. The molecule has 0 saturated carbocycles. The normalized spacial score (nSPS) is 12.9. The van der Waals surface area contributed by atoms with Crippen LogP contribution in [0.25, 0.3) is 22.4 Å². The van der Waals surface area contributed by atoms with Crippen LogP contribution >= 0.6 is 0 Å². The number of nitrogen functional groups attached to an aromatic ring is 3. The lowest BCUT2D eigenvalue weighted by Gasteiger charge is -2.07. The number of aromatic nitrogens is 4. The number of benzene rings is 1. The van der Waals surface area contributed by atoms with Gasteiger partial charge in [-0.3, -0.25) is 14.9 Å². The molecule has 1 aromatic carbocycles. The zero-order chi connectivity index (χ0) is 20.3. The predicted octanol–water partition coefficient (Wildman–Crippen LogP) is 0.638. The van der Waals surface area contributed by atoms with E-state index in [1.807, 2.05) is 0 Å². The topological polar surface area (TPSA) is 202 Å². The summed E-state index contributed by atoms with van der Waals surface area (Å²) in [5.41, 5.74) is 18.4. The van der Waals surface area contributed by atoms with Crippen LogP contribution in [-0.2, 0) is 4.79 Å². The zero-order valence-corrected chi connectivity index (χ0v) is 14.6. The van der Waals surface area contributed by atoms with Crippen LogP contribution in [0, 0.1) is 10.1 Å². The van der Waals surface area contributed by atoms with E-state index in [-0.39, 0.29) is 40.3 Å². The van der Waals surface area contributed by atoms with Crippen molar-refractivity contribution in [2.45, 2.75) is 12.8 Å². The Bertz CT molecular complexity index is 1050. The highest BCUT2D eigenvalue weighted by Gasteiger charge is 2.14. The van der Waals surface area contributed by atoms with Crippen molar-refractivity contribution in [3.05, 3.63) is 34.4 Å². The Morgan fingerprint density at radius 2 is 1.71 bits per heavy atom. The fraction of sp³-hybridized carbons (Fsp3) is 0.188. The smallest absolute Gasteiger partial charge is 0.269 e. The number of hydrogen-bond acceptors (Lipinski definition) is 10. The average Bonchev–Trinajstić information content (AvgIpc) is 3.12. The molecule has 1 amide bonds. The summed E-state index contributed by atoms with van der Waals surface area (Å²) < 4.78 is 0. The van der Waals surface area contributed by atoms with E-state index in [9.17, 15) is 14.9 Å². The summed E-state index contributed by atoms with van der Waals surface area (Å²) in [5, 5.41) is 13.4. The third-order valence-electron chi connectivity index (χ3n) is 3.86. The maximum absolute atomic E-state index is 10.7. The Kier molecular flexibility index (Phi) is 5.11. The number of rotatable bonds is 2. The Balaban J connectivity index is 0.000000320. The summed E-state index contributed by atoms with van der Waals surface area (Å²) in [6.45, 7) is 0.888. The molecule has 2 aromatic heterocycles. The van der Waals surface area contributed by atoms with Crippen molar-refractivity contribution >= 4 is 40.3 Å². The first-order chi connectivity index (χ1) is 13.3. The van der Waals surface area contributed by atoms with Crippen LogP contribution < -0.4 is 22.5 Å². The number of nitrogens with one attached hydrogen (secondary N) is 1. The predicted molar refractivity (Wildman–Crippen MR) is 103 cm³/mol. The van der Waals surface area contributed by atoms with Crippen LogP contribution in [0.2, 0.25) is 0 Å². The van der Waals surface area contributed by atoms with E-state index < -0.39 is 4.92 Å². The highest BCUT2D eigenvalue weighted by molar-refractivity contribution is 5.87. The van der Waals surface area contributed by atoms with Gasteiger partial charge in [0, 0.05) is 30.7 Å². The van der Waals surface area contributed by atoms with Crippen LogP contribution in [0.3, 0.4) is 0 Å². The maximum Gasteiger partial charge on any atom is 0.269 e. The van der Waals surface area contributed by atoms with Gasteiger partial charge in [-0.25, -0.2) is 9.97 Å². The van der Waals surface area contributed by atoms with Crippen molar-refractivity contribution in [1.82, 2.24) is 25.3 Å². The molecule has 1 fully saturated rings. The minimum absolute atomic E-state index is 0.0261. The number of nitro groups is 1. The maximum atomic E-state index is 10.7. The second-order valence-electron chi connectivity index (χ2n) is 5.85. The van der Waals surface area contributed by atoms with Crippen molar-refractivity contribution in [2.75, 3.05) is 23.7 Å². The lowest BCUT2D eigenvalue weighted by molar-refractivity contribution is -0.384. The summed E-state index contributed by atoms with van der Waals surface area (Å²) in [7, 11) is 0. The average molecular weight is 383 g/mol. The molecule has 12 nitrogen and oxygen atoms in total. The van der Waals surface area contributed by atoms with Crippen molar-refractivity contribution in [1.29, 1.82) is 0 Å². The van der Waals surface area contributed by atoms with Gasteiger partial charge in [0.15, 0.2) is 22.8 Å². The largest absolute Gasteiger partial charge is 0.382 e. The van der Waals surface area contributed by atoms with Gasteiger partial charge in [0.05, 0.1) is 4.92 Å². The molecule has 0 spiro atoms. The molecule has 3 heterocycles. The minimum atomic E-state index is -0.492. The minimum Gasteiger partial charge on any atom is -0.382 e. The lowest BCUT2D eigenvalue weighted by Crippen LogP contribution is -2.12. The molecular weight excluding hydrogens is 366 g/mol. The standard InChI is InChI=1S/C12H10N8O2.C4H7NO/c13-9-7(5-1-3-6(4-2-5)20(21)22)16-8-10(14)18-12(15)19-11(8)17-9;6-4-2-1-3-5-4/h1-4H,(H6,13,14,15,17,18,19);1-3H2,(H,5,6). The van der Waals surface area contributed by atoms with Crippen molar-refractivity contribution in [3.8, 4) is 11.3 Å². The molecule has 12 heteroatoms. The van der Waals surface area contributed by atoms with E-state index >= 15 is 0 Å². The van der Waals surface area contributed by atoms with Crippen LogP contribution in [-0.4, -0.2) is 37.3 Å². The number of anilines is 3. The molecule has 0 atom stereocenters. The number of non-ortho nitro benzene ring substituents is 1. The first-order valence-electron chi connectivity index (χ1n) is 8.23. The zero-order valence-electron chi connectivity index (χ0n) is 14.6.